The van der Waals surface area contributed by atoms with Crippen molar-refractivity contribution in [1.29, 1.82) is 0 Å². The van der Waals surface area contributed by atoms with Crippen LogP contribution in [0.25, 0.3) is 0 Å². The van der Waals surface area contributed by atoms with Gasteiger partial charge in [0.05, 0.1) is 12.0 Å². The van der Waals surface area contributed by atoms with Crippen molar-refractivity contribution in [1.82, 2.24) is 4.98 Å². The number of nitrogens with two attached hydrogens (primary N) is 1. The number of hydrogen-bond acceptors (Lipinski definition) is 6. The van der Waals surface area contributed by atoms with Crippen molar-refractivity contribution in [2.45, 2.75) is 31.8 Å². The third-order valence-electron chi connectivity index (χ3n) is 3.42. The number of anilines is 1. The van der Waals surface area contributed by atoms with Crippen LogP contribution in [0.2, 0.25) is 0 Å². The van der Waals surface area contributed by atoms with Crippen LogP contribution in [0.15, 0.2) is 12.1 Å². The third kappa shape index (κ3) is 2.76. The van der Waals surface area contributed by atoms with E-state index in [0.29, 0.717) is 18.2 Å². The summed E-state index contributed by atoms with van der Waals surface area (Å²) in [5, 5.41) is 11.1. The number of nitro groups is 1. The predicted octanol–water partition coefficient (Wildman–Crippen LogP) is 1.31. The van der Waals surface area contributed by atoms with Gasteiger partial charge in [-0.2, -0.15) is 4.98 Å². The van der Waals surface area contributed by atoms with Gasteiger partial charge in [-0.05, 0) is 19.8 Å². The van der Waals surface area contributed by atoms with Gasteiger partial charge in [0.2, 0.25) is 11.7 Å². The Bertz CT molecular complexity index is 480. The fraction of sp³-hybridized carbons (Fsp3) is 0.583. The molecular formula is C12H18N4O3. The lowest BCUT2D eigenvalue weighted by Gasteiger charge is -2.36. The van der Waals surface area contributed by atoms with Gasteiger partial charge in [-0.25, -0.2) is 0 Å². The lowest BCUT2D eigenvalue weighted by molar-refractivity contribution is -0.384. The molecule has 0 aromatic carbocycles. The Balaban J connectivity index is 2.38. The van der Waals surface area contributed by atoms with Gasteiger partial charge in [0.15, 0.2) is 0 Å². The number of piperidine rings is 1. The minimum absolute atomic E-state index is 0.00289. The van der Waals surface area contributed by atoms with Gasteiger partial charge < -0.3 is 15.4 Å². The first-order valence-electron chi connectivity index (χ1n) is 6.24. The van der Waals surface area contributed by atoms with Gasteiger partial charge in [-0.1, -0.05) is 0 Å². The third-order valence-corrected chi connectivity index (χ3v) is 3.42. The van der Waals surface area contributed by atoms with Crippen LogP contribution in [0.4, 0.5) is 11.5 Å². The first kappa shape index (κ1) is 13.5. The molecule has 1 aliphatic rings. The number of ether oxygens (including phenoxy) is 1. The van der Waals surface area contributed by atoms with Crippen LogP contribution in [-0.4, -0.2) is 35.6 Å². The molecule has 7 heteroatoms. The van der Waals surface area contributed by atoms with Gasteiger partial charge in [0, 0.05) is 30.8 Å². The summed E-state index contributed by atoms with van der Waals surface area (Å²) in [7, 11) is 1.49. The van der Waals surface area contributed by atoms with Gasteiger partial charge in [-0.3, -0.25) is 10.1 Å². The molecule has 2 heterocycles. The highest BCUT2D eigenvalue weighted by Crippen LogP contribution is 2.32. The highest BCUT2D eigenvalue weighted by molar-refractivity contribution is 5.59. The number of pyridine rings is 1. The molecule has 19 heavy (non-hydrogen) atoms. The molecule has 104 valence electrons. The summed E-state index contributed by atoms with van der Waals surface area (Å²) < 4.78 is 5.05. The Kier molecular flexibility index (Phi) is 3.84. The van der Waals surface area contributed by atoms with E-state index in [1.165, 1.54) is 19.2 Å². The summed E-state index contributed by atoms with van der Waals surface area (Å²) in [5.74, 6) is 0.742. The molecule has 0 bridgehead atoms. The maximum absolute atomic E-state index is 11.1. The van der Waals surface area contributed by atoms with Crippen LogP contribution in [0, 0.1) is 10.1 Å². The molecule has 1 aromatic heterocycles. The molecule has 0 saturated carbocycles. The number of hydrogen-bond donors (Lipinski definition) is 1. The molecule has 0 aliphatic carbocycles. The average molecular weight is 266 g/mol. The zero-order chi connectivity index (χ0) is 14.0. The van der Waals surface area contributed by atoms with Crippen molar-refractivity contribution in [2.24, 2.45) is 5.73 Å². The van der Waals surface area contributed by atoms with E-state index < -0.39 is 4.92 Å². The molecule has 1 aromatic rings. The molecule has 2 rings (SSSR count). The van der Waals surface area contributed by atoms with Crippen molar-refractivity contribution < 1.29 is 9.66 Å². The van der Waals surface area contributed by atoms with Crippen LogP contribution < -0.4 is 15.4 Å². The van der Waals surface area contributed by atoms with Gasteiger partial charge in [0.25, 0.3) is 0 Å². The largest absolute Gasteiger partial charge is 0.481 e. The number of nitrogens with zero attached hydrogens (tertiary/aromatic N) is 3. The molecule has 1 aliphatic heterocycles. The molecule has 0 radical (unpaired) electrons. The molecule has 0 amide bonds. The predicted molar refractivity (Wildman–Crippen MR) is 71.5 cm³/mol. The zero-order valence-electron chi connectivity index (χ0n) is 11.1. The smallest absolute Gasteiger partial charge is 0.311 e. The SMILES string of the molecule is COc1ccc([N+](=O)[O-])c(N2CCC(N)CC2C)n1. The Morgan fingerprint density at radius 2 is 2.32 bits per heavy atom. The summed E-state index contributed by atoms with van der Waals surface area (Å²) in [6.07, 6.45) is 1.61. The first-order valence-corrected chi connectivity index (χ1v) is 6.24. The highest BCUT2D eigenvalue weighted by atomic mass is 16.6. The van der Waals surface area contributed by atoms with Gasteiger partial charge >= 0.3 is 5.69 Å². The molecule has 1 saturated heterocycles. The highest BCUT2D eigenvalue weighted by Gasteiger charge is 2.30. The molecule has 2 N–H and O–H groups in total. The lowest BCUT2D eigenvalue weighted by atomic mass is 9.99. The van der Waals surface area contributed by atoms with Crippen LogP contribution in [-0.2, 0) is 0 Å². The van der Waals surface area contributed by atoms with Crippen LogP contribution in [0.1, 0.15) is 19.8 Å². The van der Waals surface area contributed by atoms with Crippen molar-refractivity contribution in [3.8, 4) is 5.88 Å². The normalized spacial score (nSPS) is 23.2. The topological polar surface area (TPSA) is 94.5 Å². The minimum Gasteiger partial charge on any atom is -0.481 e. The van der Waals surface area contributed by atoms with Gasteiger partial charge in [-0.15, -0.1) is 0 Å². The van der Waals surface area contributed by atoms with E-state index in [-0.39, 0.29) is 17.8 Å². The number of aromatic nitrogens is 1. The van der Waals surface area contributed by atoms with Crippen LogP contribution in [0.5, 0.6) is 5.88 Å². The lowest BCUT2D eigenvalue weighted by Crippen LogP contribution is -2.46. The van der Waals surface area contributed by atoms with E-state index in [1.54, 1.807) is 0 Å². The van der Waals surface area contributed by atoms with E-state index in [4.69, 9.17) is 10.5 Å². The average Bonchev–Trinajstić information content (AvgIpc) is 2.38. The first-order chi connectivity index (χ1) is 9.02. The Morgan fingerprint density at radius 3 is 2.89 bits per heavy atom. The maximum Gasteiger partial charge on any atom is 0.311 e. The van der Waals surface area contributed by atoms with E-state index >= 15 is 0 Å². The standard InChI is InChI=1S/C12H18N4O3/c1-8-7-9(13)5-6-15(8)12-10(16(17)18)3-4-11(14-12)19-2/h3-4,8-9H,5-7,13H2,1-2H3. The maximum atomic E-state index is 11.1. The van der Waals surface area contributed by atoms with Crippen molar-refractivity contribution in [2.75, 3.05) is 18.6 Å². The molecule has 1 fully saturated rings. The van der Waals surface area contributed by atoms with Crippen molar-refractivity contribution in [3.63, 3.8) is 0 Å². The molecule has 7 nitrogen and oxygen atoms in total. The minimum atomic E-state index is -0.414. The van der Waals surface area contributed by atoms with E-state index in [0.717, 1.165) is 12.8 Å². The molecular weight excluding hydrogens is 248 g/mol. The fourth-order valence-electron chi connectivity index (χ4n) is 2.41. The molecule has 2 unspecified atom stereocenters. The summed E-state index contributed by atoms with van der Waals surface area (Å²) in [6, 6.07) is 3.21. The number of rotatable bonds is 3. The Morgan fingerprint density at radius 1 is 1.58 bits per heavy atom. The summed E-state index contributed by atoms with van der Waals surface area (Å²) in [6.45, 7) is 2.67. The molecule has 2 atom stereocenters. The second-order valence-corrected chi connectivity index (χ2v) is 4.78. The zero-order valence-corrected chi connectivity index (χ0v) is 11.1. The van der Waals surface area contributed by atoms with E-state index in [1.807, 2.05) is 11.8 Å². The van der Waals surface area contributed by atoms with Crippen LogP contribution in [0.3, 0.4) is 0 Å². The van der Waals surface area contributed by atoms with E-state index in [2.05, 4.69) is 4.98 Å². The van der Waals surface area contributed by atoms with Gasteiger partial charge in [0.1, 0.15) is 0 Å². The Hall–Kier alpha value is -1.89. The summed E-state index contributed by atoms with van der Waals surface area (Å²) >= 11 is 0. The second-order valence-electron chi connectivity index (χ2n) is 4.78. The van der Waals surface area contributed by atoms with Crippen LogP contribution >= 0.6 is 0 Å². The Labute approximate surface area is 111 Å². The fourth-order valence-corrected chi connectivity index (χ4v) is 2.41. The quantitative estimate of drug-likeness (QED) is 0.654. The van der Waals surface area contributed by atoms with E-state index in [9.17, 15) is 10.1 Å². The monoisotopic (exact) mass is 266 g/mol. The second kappa shape index (κ2) is 5.40. The van der Waals surface area contributed by atoms with Crippen molar-refractivity contribution >= 4 is 11.5 Å². The number of methoxy groups -OCH3 is 1. The summed E-state index contributed by atoms with van der Waals surface area (Å²) in [5.41, 5.74) is 5.92. The van der Waals surface area contributed by atoms with Crippen molar-refractivity contribution in [3.05, 3.63) is 22.2 Å². The molecule has 0 spiro atoms. The summed E-state index contributed by atoms with van der Waals surface area (Å²) in [4.78, 5) is 16.9.